The SMILES string of the molecule is Cc1ccccc1CCNC(=NCC(C(=N)c1ccc(F)cc1F)N1CCCC1=O)NC#N. The van der Waals surface area contributed by atoms with Crippen LogP contribution in [0.1, 0.15) is 29.5 Å². The summed E-state index contributed by atoms with van der Waals surface area (Å²) in [6.07, 6.45) is 3.52. The van der Waals surface area contributed by atoms with Gasteiger partial charge in [-0.2, -0.15) is 5.26 Å². The Kier molecular flexibility index (Phi) is 8.08. The number of hydrogen-bond acceptors (Lipinski definition) is 4. The minimum atomic E-state index is -0.868. The van der Waals surface area contributed by atoms with Crippen LogP contribution >= 0.6 is 0 Å². The normalized spacial score (nSPS) is 14.7. The highest BCUT2D eigenvalue weighted by Crippen LogP contribution is 2.20. The van der Waals surface area contributed by atoms with E-state index < -0.39 is 17.7 Å². The number of likely N-dealkylation sites (tertiary alicyclic amines) is 1. The van der Waals surface area contributed by atoms with Gasteiger partial charge in [0.15, 0.2) is 6.19 Å². The fourth-order valence-corrected chi connectivity index (χ4v) is 3.81. The first-order valence-corrected chi connectivity index (χ1v) is 10.7. The van der Waals surface area contributed by atoms with Crippen LogP contribution in [-0.2, 0) is 11.2 Å². The zero-order valence-electron chi connectivity index (χ0n) is 18.4. The number of aryl methyl sites for hydroxylation is 1. The molecule has 7 nitrogen and oxygen atoms in total. The van der Waals surface area contributed by atoms with Crippen molar-refractivity contribution in [3.63, 3.8) is 0 Å². The quantitative estimate of drug-likeness (QED) is 0.248. The van der Waals surface area contributed by atoms with Crippen molar-refractivity contribution in [3.05, 3.63) is 70.8 Å². The summed E-state index contributed by atoms with van der Waals surface area (Å²) in [5.74, 6) is -1.55. The monoisotopic (exact) mass is 452 g/mol. The lowest BCUT2D eigenvalue weighted by atomic mass is 10.0. The van der Waals surface area contributed by atoms with Crippen molar-refractivity contribution in [3.8, 4) is 6.19 Å². The summed E-state index contributed by atoms with van der Waals surface area (Å²) in [6, 6.07) is 10.1. The zero-order valence-corrected chi connectivity index (χ0v) is 18.4. The summed E-state index contributed by atoms with van der Waals surface area (Å²) in [6.45, 7) is 2.90. The van der Waals surface area contributed by atoms with Gasteiger partial charge in [-0.3, -0.25) is 10.1 Å². The molecule has 1 aliphatic heterocycles. The lowest BCUT2D eigenvalue weighted by molar-refractivity contribution is -0.128. The standard InChI is InChI=1S/C24H26F2N6O/c1-16-5-2-3-6-17(16)10-11-29-24(31-15-27)30-14-21(32-12-4-7-22(32)33)23(28)19-9-8-18(25)13-20(19)26/h2-3,5-6,8-9,13,21,28H,4,7,10-12,14H2,1H3,(H2,29,30,31). The lowest BCUT2D eigenvalue weighted by Crippen LogP contribution is -2.45. The van der Waals surface area contributed by atoms with E-state index >= 15 is 0 Å². The van der Waals surface area contributed by atoms with Gasteiger partial charge in [-0.25, -0.2) is 13.8 Å². The van der Waals surface area contributed by atoms with Crippen LogP contribution in [0.2, 0.25) is 0 Å². The average molecular weight is 453 g/mol. The van der Waals surface area contributed by atoms with Crippen molar-refractivity contribution in [1.82, 2.24) is 15.5 Å². The van der Waals surface area contributed by atoms with E-state index in [2.05, 4.69) is 15.6 Å². The largest absolute Gasteiger partial charge is 0.355 e. The second-order valence-electron chi connectivity index (χ2n) is 7.77. The predicted octanol–water partition coefficient (Wildman–Crippen LogP) is 2.89. The minimum Gasteiger partial charge on any atom is -0.355 e. The van der Waals surface area contributed by atoms with Crippen molar-refractivity contribution in [2.45, 2.75) is 32.2 Å². The van der Waals surface area contributed by atoms with Gasteiger partial charge < -0.3 is 15.6 Å². The van der Waals surface area contributed by atoms with E-state index in [4.69, 9.17) is 10.7 Å². The van der Waals surface area contributed by atoms with E-state index in [0.29, 0.717) is 38.4 Å². The average Bonchev–Trinajstić information content (AvgIpc) is 3.20. The highest BCUT2D eigenvalue weighted by Gasteiger charge is 2.32. The van der Waals surface area contributed by atoms with E-state index in [1.54, 1.807) is 0 Å². The van der Waals surface area contributed by atoms with Crippen molar-refractivity contribution in [1.29, 1.82) is 10.7 Å². The molecular weight excluding hydrogens is 426 g/mol. The molecule has 1 heterocycles. The van der Waals surface area contributed by atoms with Crippen molar-refractivity contribution < 1.29 is 13.6 Å². The summed E-state index contributed by atoms with van der Waals surface area (Å²) >= 11 is 0. The van der Waals surface area contributed by atoms with Gasteiger partial charge in [-0.05, 0) is 43.0 Å². The van der Waals surface area contributed by atoms with Gasteiger partial charge >= 0.3 is 0 Å². The van der Waals surface area contributed by atoms with Crippen LogP contribution in [-0.4, -0.2) is 48.2 Å². The van der Waals surface area contributed by atoms with Crippen molar-refractivity contribution in [2.24, 2.45) is 4.99 Å². The van der Waals surface area contributed by atoms with Crippen LogP contribution in [0.4, 0.5) is 8.78 Å². The lowest BCUT2D eigenvalue weighted by Gasteiger charge is -2.27. The molecule has 2 aromatic rings. The number of rotatable bonds is 8. The third-order valence-electron chi connectivity index (χ3n) is 5.59. The number of hydrogen-bond donors (Lipinski definition) is 3. The number of aliphatic imine (C=N–C) groups is 1. The Balaban J connectivity index is 1.76. The highest BCUT2D eigenvalue weighted by atomic mass is 19.1. The number of nitrogens with zero attached hydrogens (tertiary/aromatic N) is 3. The molecule has 1 atom stereocenters. The van der Waals surface area contributed by atoms with Crippen LogP contribution in [0.5, 0.6) is 0 Å². The minimum absolute atomic E-state index is 0.0528. The van der Waals surface area contributed by atoms with Gasteiger partial charge in [0.1, 0.15) is 11.6 Å². The number of carbonyl (C=O) groups excluding carboxylic acids is 1. The van der Waals surface area contributed by atoms with Crippen molar-refractivity contribution >= 4 is 17.6 Å². The molecule has 9 heteroatoms. The van der Waals surface area contributed by atoms with Crippen LogP contribution in [0.3, 0.4) is 0 Å². The van der Waals surface area contributed by atoms with Gasteiger partial charge in [-0.1, -0.05) is 24.3 Å². The summed E-state index contributed by atoms with van der Waals surface area (Å²) in [5.41, 5.74) is 2.07. The Bertz CT molecular complexity index is 1090. The number of amides is 1. The van der Waals surface area contributed by atoms with Gasteiger partial charge in [0.25, 0.3) is 0 Å². The van der Waals surface area contributed by atoms with E-state index in [9.17, 15) is 13.6 Å². The molecule has 0 aromatic heterocycles. The molecule has 0 radical (unpaired) electrons. The molecule has 0 aliphatic carbocycles. The third-order valence-corrected chi connectivity index (χ3v) is 5.59. The number of nitrogens with one attached hydrogen (secondary N) is 3. The molecule has 1 amide bonds. The number of nitriles is 1. The molecule has 1 unspecified atom stereocenters. The maximum atomic E-state index is 14.3. The molecule has 3 rings (SSSR count). The maximum Gasteiger partial charge on any atom is 0.223 e. The fourth-order valence-electron chi connectivity index (χ4n) is 3.81. The second-order valence-corrected chi connectivity index (χ2v) is 7.77. The van der Waals surface area contributed by atoms with Crippen LogP contribution in [0, 0.1) is 35.4 Å². The Morgan fingerprint density at radius 2 is 2.09 bits per heavy atom. The molecular formula is C24H26F2N6O. The number of halogens is 2. The van der Waals surface area contributed by atoms with Crippen LogP contribution in [0.15, 0.2) is 47.5 Å². The molecule has 0 bridgehead atoms. The van der Waals surface area contributed by atoms with Gasteiger partial charge in [0, 0.05) is 31.1 Å². The third kappa shape index (κ3) is 6.13. The topological polar surface area (TPSA) is 104 Å². The molecule has 1 saturated heterocycles. The molecule has 0 saturated carbocycles. The molecule has 1 fully saturated rings. The van der Waals surface area contributed by atoms with E-state index in [1.807, 2.05) is 37.4 Å². The molecule has 3 N–H and O–H groups in total. The molecule has 33 heavy (non-hydrogen) atoms. The number of carbonyl (C=O) groups is 1. The van der Waals surface area contributed by atoms with E-state index in [-0.39, 0.29) is 29.7 Å². The summed E-state index contributed by atoms with van der Waals surface area (Å²) in [4.78, 5) is 18.2. The number of benzene rings is 2. The Labute approximate surface area is 191 Å². The smallest absolute Gasteiger partial charge is 0.223 e. The fraction of sp³-hybridized carbons (Fsp3) is 0.333. The van der Waals surface area contributed by atoms with Crippen molar-refractivity contribution in [2.75, 3.05) is 19.6 Å². The van der Waals surface area contributed by atoms with E-state index in [1.165, 1.54) is 11.0 Å². The zero-order chi connectivity index (χ0) is 23.8. The Morgan fingerprint density at radius 3 is 2.76 bits per heavy atom. The molecule has 0 spiro atoms. The molecule has 1 aliphatic rings. The molecule has 172 valence electrons. The Morgan fingerprint density at radius 1 is 1.30 bits per heavy atom. The highest BCUT2D eigenvalue weighted by molar-refractivity contribution is 6.04. The summed E-state index contributed by atoms with van der Waals surface area (Å²) in [5, 5.41) is 23.2. The second kappa shape index (κ2) is 11.2. The summed E-state index contributed by atoms with van der Waals surface area (Å²) in [7, 11) is 0. The van der Waals surface area contributed by atoms with Gasteiger partial charge in [0.2, 0.25) is 11.9 Å². The summed E-state index contributed by atoms with van der Waals surface area (Å²) < 4.78 is 27.7. The Hall–Kier alpha value is -3.80. The first-order valence-electron chi connectivity index (χ1n) is 10.7. The molecule has 2 aromatic carbocycles. The number of guanidine groups is 1. The van der Waals surface area contributed by atoms with Gasteiger partial charge in [-0.15, -0.1) is 0 Å². The predicted molar refractivity (Wildman–Crippen MR) is 122 cm³/mol. The first kappa shape index (κ1) is 23.9. The van der Waals surface area contributed by atoms with Crippen LogP contribution < -0.4 is 10.6 Å². The van der Waals surface area contributed by atoms with Crippen LogP contribution in [0.25, 0.3) is 0 Å². The van der Waals surface area contributed by atoms with Gasteiger partial charge in [0.05, 0.1) is 18.3 Å². The first-order chi connectivity index (χ1) is 15.9. The van der Waals surface area contributed by atoms with E-state index in [0.717, 1.165) is 17.2 Å². The maximum absolute atomic E-state index is 14.3.